The number of rotatable bonds is 4. The molecular weight excluding hydrogens is 404 g/mol. The van der Waals surface area contributed by atoms with Gasteiger partial charge in [0.1, 0.15) is 23.0 Å². The summed E-state index contributed by atoms with van der Waals surface area (Å²) in [7, 11) is 0. The van der Waals surface area contributed by atoms with Crippen molar-refractivity contribution in [1.29, 1.82) is 0 Å². The van der Waals surface area contributed by atoms with Gasteiger partial charge in [-0.1, -0.05) is 12.1 Å². The number of aliphatic hydroxyl groups is 1. The van der Waals surface area contributed by atoms with Crippen molar-refractivity contribution in [3.8, 4) is 11.3 Å². The number of carbonyl (C=O) groups is 1. The van der Waals surface area contributed by atoms with Gasteiger partial charge < -0.3 is 21.1 Å². The molecule has 0 bridgehead atoms. The molecule has 1 aliphatic heterocycles. The highest BCUT2D eigenvalue weighted by molar-refractivity contribution is 6.04. The molecule has 160 valence electrons. The number of pyridine rings is 2. The Morgan fingerprint density at radius 2 is 1.94 bits per heavy atom. The quantitative estimate of drug-likeness (QED) is 0.594. The van der Waals surface area contributed by atoms with E-state index in [0.29, 0.717) is 30.9 Å². The molecule has 0 aliphatic carbocycles. The van der Waals surface area contributed by atoms with E-state index in [1.807, 2.05) is 4.90 Å². The first-order chi connectivity index (χ1) is 14.9. The summed E-state index contributed by atoms with van der Waals surface area (Å²) in [5, 5.41) is 12.8. The molecule has 1 aromatic carbocycles. The number of β-amino-alcohol motifs (C(OH)–C–C–N with tert-alkyl or cyclic N) is 1. The minimum atomic E-state index is -0.736. The fraction of sp³-hybridized carbons (Fsp3) is 0.227. The molecule has 2 atom stereocenters. The number of benzene rings is 1. The number of aromatic nitrogens is 2. The normalized spacial score (nSPS) is 18.6. The summed E-state index contributed by atoms with van der Waals surface area (Å²) in [6.45, 7) is 0.878. The maximum Gasteiger partial charge on any atom is 0.274 e. The van der Waals surface area contributed by atoms with Gasteiger partial charge in [0.2, 0.25) is 0 Å². The molecule has 4 rings (SSSR count). The Labute approximate surface area is 177 Å². The van der Waals surface area contributed by atoms with Crippen LogP contribution in [0.4, 0.5) is 20.2 Å². The van der Waals surface area contributed by atoms with Crippen molar-refractivity contribution in [2.75, 3.05) is 23.3 Å². The largest absolute Gasteiger partial charge is 0.391 e. The van der Waals surface area contributed by atoms with Crippen molar-refractivity contribution in [3.63, 3.8) is 0 Å². The van der Waals surface area contributed by atoms with Gasteiger partial charge in [0.15, 0.2) is 0 Å². The van der Waals surface area contributed by atoms with Crippen LogP contribution in [-0.4, -0.2) is 46.2 Å². The number of carbonyl (C=O) groups excluding carboxylic acids is 1. The summed E-state index contributed by atoms with van der Waals surface area (Å²) in [5.74, 6) is -1.98. The second-order valence-electron chi connectivity index (χ2n) is 7.41. The maximum absolute atomic E-state index is 14.3. The average molecular weight is 425 g/mol. The Kier molecular flexibility index (Phi) is 5.88. The lowest BCUT2D eigenvalue weighted by Crippen LogP contribution is -2.49. The molecular formula is C22H21F2N5O2. The zero-order valence-corrected chi connectivity index (χ0v) is 16.5. The molecule has 3 heterocycles. The predicted molar refractivity (Wildman–Crippen MR) is 113 cm³/mol. The second-order valence-corrected chi connectivity index (χ2v) is 7.41. The summed E-state index contributed by atoms with van der Waals surface area (Å²) in [4.78, 5) is 22.8. The topological polar surface area (TPSA) is 104 Å². The van der Waals surface area contributed by atoms with Crippen LogP contribution in [0.2, 0.25) is 0 Å². The molecule has 1 fully saturated rings. The minimum absolute atomic E-state index is 0.0343. The summed E-state index contributed by atoms with van der Waals surface area (Å²) < 4.78 is 28.4. The van der Waals surface area contributed by atoms with E-state index in [0.717, 1.165) is 6.07 Å². The molecule has 2 aromatic heterocycles. The highest BCUT2D eigenvalue weighted by Crippen LogP contribution is 2.28. The van der Waals surface area contributed by atoms with Crippen molar-refractivity contribution < 1.29 is 18.7 Å². The number of piperidine rings is 1. The molecule has 1 saturated heterocycles. The molecule has 1 aliphatic rings. The van der Waals surface area contributed by atoms with Gasteiger partial charge >= 0.3 is 0 Å². The van der Waals surface area contributed by atoms with Crippen LogP contribution in [0.5, 0.6) is 0 Å². The van der Waals surface area contributed by atoms with Crippen molar-refractivity contribution >= 4 is 17.3 Å². The zero-order valence-electron chi connectivity index (χ0n) is 16.5. The predicted octanol–water partition coefficient (Wildman–Crippen LogP) is 2.57. The van der Waals surface area contributed by atoms with E-state index in [4.69, 9.17) is 5.73 Å². The van der Waals surface area contributed by atoms with Crippen molar-refractivity contribution in [3.05, 3.63) is 72.2 Å². The summed E-state index contributed by atoms with van der Waals surface area (Å²) in [5.41, 5.74) is 6.69. The van der Waals surface area contributed by atoms with Crippen LogP contribution in [0.1, 0.15) is 16.9 Å². The SMILES string of the molecule is NC1CC(O)CN(c2ccncc2NC(=O)c2ccc(F)c(-c3ccccc3F)n2)C1. The van der Waals surface area contributed by atoms with Gasteiger partial charge in [-0.2, -0.15) is 0 Å². The Hall–Kier alpha value is -3.43. The van der Waals surface area contributed by atoms with Gasteiger partial charge in [-0.15, -0.1) is 0 Å². The first kappa shape index (κ1) is 20.8. The lowest BCUT2D eigenvalue weighted by Gasteiger charge is -2.36. The number of nitrogens with two attached hydrogens (primary N) is 1. The number of nitrogens with one attached hydrogen (secondary N) is 1. The average Bonchev–Trinajstić information content (AvgIpc) is 2.74. The van der Waals surface area contributed by atoms with Gasteiger partial charge in [0.25, 0.3) is 5.91 Å². The summed E-state index contributed by atoms with van der Waals surface area (Å²) in [6.07, 6.45) is 2.97. The Morgan fingerprint density at radius 1 is 1.13 bits per heavy atom. The number of amides is 1. The third-order valence-electron chi connectivity index (χ3n) is 5.06. The molecule has 4 N–H and O–H groups in total. The van der Waals surface area contributed by atoms with E-state index in [1.165, 1.54) is 30.5 Å². The molecule has 3 aromatic rings. The van der Waals surface area contributed by atoms with E-state index in [1.54, 1.807) is 18.3 Å². The molecule has 9 heteroatoms. The molecule has 0 spiro atoms. The smallest absolute Gasteiger partial charge is 0.274 e. The Bertz CT molecular complexity index is 1100. The summed E-state index contributed by atoms with van der Waals surface area (Å²) >= 11 is 0. The van der Waals surface area contributed by atoms with E-state index in [9.17, 15) is 18.7 Å². The number of nitrogens with zero attached hydrogens (tertiary/aromatic N) is 3. The molecule has 2 unspecified atom stereocenters. The van der Waals surface area contributed by atoms with Gasteiger partial charge in [0.05, 0.1) is 23.7 Å². The fourth-order valence-corrected chi connectivity index (χ4v) is 3.66. The van der Waals surface area contributed by atoms with E-state index in [2.05, 4.69) is 15.3 Å². The van der Waals surface area contributed by atoms with E-state index < -0.39 is 23.6 Å². The maximum atomic E-state index is 14.3. The van der Waals surface area contributed by atoms with E-state index in [-0.39, 0.29) is 23.0 Å². The molecule has 7 nitrogen and oxygen atoms in total. The monoisotopic (exact) mass is 425 g/mol. The highest BCUT2D eigenvalue weighted by Gasteiger charge is 2.26. The zero-order chi connectivity index (χ0) is 22.0. The number of anilines is 2. The molecule has 31 heavy (non-hydrogen) atoms. The van der Waals surface area contributed by atoms with Gasteiger partial charge in [-0.3, -0.25) is 9.78 Å². The van der Waals surface area contributed by atoms with E-state index >= 15 is 0 Å². The number of halogens is 2. The Balaban J connectivity index is 1.61. The van der Waals surface area contributed by atoms with Gasteiger partial charge in [-0.05, 0) is 36.8 Å². The van der Waals surface area contributed by atoms with Gasteiger partial charge in [0, 0.05) is 30.9 Å². The minimum Gasteiger partial charge on any atom is -0.391 e. The Morgan fingerprint density at radius 3 is 2.71 bits per heavy atom. The lowest BCUT2D eigenvalue weighted by molar-refractivity contribution is 0.102. The second kappa shape index (κ2) is 8.75. The number of hydrogen-bond donors (Lipinski definition) is 3. The van der Waals surface area contributed by atoms with Crippen LogP contribution in [0.3, 0.4) is 0 Å². The fourth-order valence-electron chi connectivity index (χ4n) is 3.66. The van der Waals surface area contributed by atoms with Crippen molar-refractivity contribution in [2.24, 2.45) is 5.73 Å². The highest BCUT2D eigenvalue weighted by atomic mass is 19.1. The van der Waals surface area contributed by atoms with Crippen LogP contribution in [-0.2, 0) is 0 Å². The number of aliphatic hydroxyl groups excluding tert-OH is 1. The van der Waals surface area contributed by atoms with Crippen LogP contribution in [0, 0.1) is 11.6 Å². The summed E-state index contributed by atoms with van der Waals surface area (Å²) in [6, 6.07) is 9.45. The molecule has 0 radical (unpaired) electrons. The van der Waals surface area contributed by atoms with Crippen molar-refractivity contribution in [2.45, 2.75) is 18.6 Å². The first-order valence-electron chi connectivity index (χ1n) is 9.78. The lowest BCUT2D eigenvalue weighted by atomic mass is 10.0. The van der Waals surface area contributed by atoms with Gasteiger partial charge in [-0.25, -0.2) is 13.8 Å². The third-order valence-corrected chi connectivity index (χ3v) is 5.06. The van der Waals surface area contributed by atoms with Crippen LogP contribution in [0.15, 0.2) is 54.9 Å². The number of hydrogen-bond acceptors (Lipinski definition) is 6. The molecule has 1 amide bonds. The first-order valence-corrected chi connectivity index (χ1v) is 9.78. The van der Waals surface area contributed by atoms with Crippen LogP contribution >= 0.6 is 0 Å². The van der Waals surface area contributed by atoms with Crippen LogP contribution < -0.4 is 16.0 Å². The van der Waals surface area contributed by atoms with Crippen LogP contribution in [0.25, 0.3) is 11.3 Å². The molecule has 0 saturated carbocycles. The standard InChI is InChI=1S/C22H21F2N5O2/c23-16-4-2-1-3-15(16)21-17(24)5-6-18(27-21)22(31)28-19-10-26-8-7-20(19)29-11-13(25)9-14(30)12-29/h1-8,10,13-14,30H,9,11-12,25H2,(H,28,31). The van der Waals surface area contributed by atoms with Crippen molar-refractivity contribution in [1.82, 2.24) is 9.97 Å². The third kappa shape index (κ3) is 4.52.